The molecule has 0 aliphatic heterocycles. The van der Waals surface area contributed by atoms with Crippen LogP contribution in [0.1, 0.15) is 45.7 Å². The Kier molecular flexibility index (Phi) is 9.96. The van der Waals surface area contributed by atoms with Crippen LogP contribution in [0.25, 0.3) is 0 Å². The fourth-order valence-corrected chi connectivity index (χ4v) is 3.70. The van der Waals surface area contributed by atoms with E-state index in [0.717, 1.165) is 5.56 Å². The Morgan fingerprint density at radius 1 is 1.03 bits per heavy atom. The fraction of sp³-hybridized carbons (Fsp3) is 0.259. The van der Waals surface area contributed by atoms with E-state index in [1.165, 1.54) is 36.7 Å². The molecular weight excluding hydrogens is 477 g/mol. The Labute approximate surface area is 214 Å². The molecule has 0 saturated heterocycles. The second-order valence-corrected chi connectivity index (χ2v) is 8.70. The standard InChI is InChI=1S/C27H30FN5O4/c1-18(34)15-33(16-19(2)35)17-21-7-3-8-22(12-21)26(36)31-25-24(10-5-11-29-25)27(37)32-30-14-20-6-4-9-23(28)13-20/h3-14,18-19,34-35H,15-17H2,1-2H3,(H,32,37)(H,29,31,36)/b30-14+. The Hall–Kier alpha value is -3.99. The van der Waals surface area contributed by atoms with Gasteiger partial charge in [-0.2, -0.15) is 5.10 Å². The van der Waals surface area contributed by atoms with Gasteiger partial charge in [0, 0.05) is 31.4 Å². The average Bonchev–Trinajstić information content (AvgIpc) is 2.83. The molecule has 1 heterocycles. The highest BCUT2D eigenvalue weighted by molar-refractivity contribution is 6.08. The van der Waals surface area contributed by atoms with Gasteiger partial charge < -0.3 is 15.5 Å². The zero-order valence-corrected chi connectivity index (χ0v) is 20.6. The normalized spacial score (nSPS) is 12.9. The van der Waals surface area contributed by atoms with Gasteiger partial charge in [-0.15, -0.1) is 0 Å². The smallest absolute Gasteiger partial charge is 0.275 e. The summed E-state index contributed by atoms with van der Waals surface area (Å²) in [5.41, 5.74) is 4.10. The topological polar surface area (TPSA) is 127 Å². The number of benzene rings is 2. The van der Waals surface area contributed by atoms with E-state index >= 15 is 0 Å². The number of aliphatic hydroxyl groups is 2. The molecule has 2 atom stereocenters. The molecule has 1 aromatic heterocycles. The number of hydrogen-bond donors (Lipinski definition) is 4. The number of rotatable bonds is 11. The number of hydrazone groups is 1. The minimum Gasteiger partial charge on any atom is -0.392 e. The zero-order valence-electron chi connectivity index (χ0n) is 20.6. The van der Waals surface area contributed by atoms with Gasteiger partial charge in [0.25, 0.3) is 11.8 Å². The lowest BCUT2D eigenvalue weighted by Crippen LogP contribution is -2.35. The molecule has 0 aliphatic carbocycles. The van der Waals surface area contributed by atoms with Crippen molar-refractivity contribution in [3.05, 3.63) is 94.9 Å². The lowest BCUT2D eigenvalue weighted by Gasteiger charge is -2.25. The maximum Gasteiger partial charge on any atom is 0.275 e. The maximum absolute atomic E-state index is 13.3. The van der Waals surface area contributed by atoms with Crippen LogP contribution in [0.5, 0.6) is 0 Å². The van der Waals surface area contributed by atoms with Crippen LogP contribution in [0.3, 0.4) is 0 Å². The summed E-state index contributed by atoms with van der Waals surface area (Å²) in [6.07, 6.45) is 1.61. The Morgan fingerprint density at radius 3 is 2.46 bits per heavy atom. The van der Waals surface area contributed by atoms with Crippen LogP contribution in [-0.2, 0) is 6.54 Å². The number of anilines is 1. The van der Waals surface area contributed by atoms with Crippen LogP contribution in [0.4, 0.5) is 10.2 Å². The molecule has 2 unspecified atom stereocenters. The molecule has 0 radical (unpaired) electrons. The monoisotopic (exact) mass is 507 g/mol. The molecule has 10 heteroatoms. The van der Waals surface area contributed by atoms with Crippen molar-refractivity contribution in [1.82, 2.24) is 15.3 Å². The van der Waals surface area contributed by atoms with E-state index < -0.39 is 29.8 Å². The number of carbonyl (C=O) groups is 2. The number of pyridine rings is 1. The van der Waals surface area contributed by atoms with E-state index in [4.69, 9.17) is 0 Å². The average molecular weight is 508 g/mol. The number of nitrogens with one attached hydrogen (secondary N) is 2. The van der Waals surface area contributed by atoms with Crippen molar-refractivity contribution in [2.24, 2.45) is 5.10 Å². The largest absolute Gasteiger partial charge is 0.392 e. The van der Waals surface area contributed by atoms with Gasteiger partial charge in [-0.05, 0) is 61.4 Å². The molecule has 2 aromatic carbocycles. The number of aromatic nitrogens is 1. The van der Waals surface area contributed by atoms with Crippen molar-refractivity contribution in [3.63, 3.8) is 0 Å². The third-order valence-corrected chi connectivity index (χ3v) is 5.15. The molecular formula is C27H30FN5O4. The van der Waals surface area contributed by atoms with Crippen LogP contribution in [0, 0.1) is 5.82 Å². The first-order valence-electron chi connectivity index (χ1n) is 11.7. The van der Waals surface area contributed by atoms with Crippen LogP contribution < -0.4 is 10.7 Å². The molecule has 4 N–H and O–H groups in total. The van der Waals surface area contributed by atoms with Gasteiger partial charge in [0.2, 0.25) is 0 Å². The Balaban J connectivity index is 1.69. The van der Waals surface area contributed by atoms with E-state index in [0.29, 0.717) is 30.8 Å². The highest BCUT2D eigenvalue weighted by Crippen LogP contribution is 2.15. The fourth-order valence-electron chi connectivity index (χ4n) is 3.70. The van der Waals surface area contributed by atoms with Gasteiger partial charge in [0.05, 0.1) is 24.0 Å². The third-order valence-electron chi connectivity index (χ3n) is 5.15. The predicted octanol–water partition coefficient (Wildman–Crippen LogP) is 2.80. The van der Waals surface area contributed by atoms with Crippen LogP contribution in [-0.4, -0.2) is 63.4 Å². The number of halogens is 1. The first kappa shape index (κ1) is 27.6. The summed E-state index contributed by atoms with van der Waals surface area (Å²) in [6.45, 7) is 4.51. The predicted molar refractivity (Wildman–Crippen MR) is 139 cm³/mol. The van der Waals surface area contributed by atoms with Crippen molar-refractivity contribution < 1.29 is 24.2 Å². The Bertz CT molecular complexity index is 1240. The number of aliphatic hydroxyl groups excluding tert-OH is 2. The number of amides is 2. The molecule has 0 spiro atoms. The molecule has 9 nitrogen and oxygen atoms in total. The summed E-state index contributed by atoms with van der Waals surface area (Å²) in [5.74, 6) is -1.43. The minimum atomic E-state index is -0.600. The van der Waals surface area contributed by atoms with E-state index in [2.05, 4.69) is 20.8 Å². The van der Waals surface area contributed by atoms with Crippen molar-refractivity contribution in [1.29, 1.82) is 0 Å². The van der Waals surface area contributed by atoms with E-state index in [9.17, 15) is 24.2 Å². The van der Waals surface area contributed by atoms with Crippen molar-refractivity contribution in [3.8, 4) is 0 Å². The van der Waals surface area contributed by atoms with Crippen LogP contribution in [0.15, 0.2) is 72.0 Å². The van der Waals surface area contributed by atoms with Gasteiger partial charge in [-0.1, -0.05) is 24.3 Å². The summed E-state index contributed by atoms with van der Waals surface area (Å²) in [7, 11) is 0. The summed E-state index contributed by atoms with van der Waals surface area (Å²) in [5, 5.41) is 26.0. The number of hydrogen-bond acceptors (Lipinski definition) is 7. The summed E-state index contributed by atoms with van der Waals surface area (Å²) >= 11 is 0. The van der Waals surface area contributed by atoms with Crippen molar-refractivity contribution in [2.75, 3.05) is 18.4 Å². The summed E-state index contributed by atoms with van der Waals surface area (Å²) in [4.78, 5) is 31.6. The molecule has 3 aromatic rings. The van der Waals surface area contributed by atoms with E-state index in [1.54, 1.807) is 44.2 Å². The first-order chi connectivity index (χ1) is 17.7. The first-order valence-corrected chi connectivity index (χ1v) is 11.7. The van der Waals surface area contributed by atoms with Gasteiger partial charge in [-0.25, -0.2) is 14.8 Å². The molecule has 0 fully saturated rings. The number of nitrogens with zero attached hydrogens (tertiary/aromatic N) is 3. The minimum absolute atomic E-state index is 0.0567. The summed E-state index contributed by atoms with van der Waals surface area (Å²) in [6, 6.07) is 15.7. The highest BCUT2D eigenvalue weighted by Gasteiger charge is 2.17. The molecule has 0 bridgehead atoms. The molecule has 2 amide bonds. The molecule has 0 saturated carbocycles. The van der Waals surface area contributed by atoms with Gasteiger partial charge in [-0.3, -0.25) is 14.5 Å². The molecule has 194 valence electrons. The lowest BCUT2D eigenvalue weighted by atomic mass is 10.1. The second kappa shape index (κ2) is 13.4. The molecule has 3 rings (SSSR count). The van der Waals surface area contributed by atoms with Crippen molar-refractivity contribution >= 4 is 23.8 Å². The maximum atomic E-state index is 13.3. The third kappa shape index (κ3) is 8.87. The number of carbonyl (C=O) groups excluding carboxylic acids is 2. The van der Waals surface area contributed by atoms with E-state index in [1.807, 2.05) is 11.0 Å². The molecule has 37 heavy (non-hydrogen) atoms. The van der Waals surface area contributed by atoms with Crippen LogP contribution >= 0.6 is 0 Å². The van der Waals surface area contributed by atoms with E-state index in [-0.39, 0.29) is 11.4 Å². The SMILES string of the molecule is CC(O)CN(Cc1cccc(C(=O)Nc2ncccc2C(=O)N/N=C/c2cccc(F)c2)c1)CC(C)O. The van der Waals surface area contributed by atoms with Gasteiger partial charge >= 0.3 is 0 Å². The summed E-state index contributed by atoms with van der Waals surface area (Å²) < 4.78 is 13.3. The molecule has 0 aliphatic rings. The highest BCUT2D eigenvalue weighted by atomic mass is 19.1. The van der Waals surface area contributed by atoms with Gasteiger partial charge in [0.15, 0.2) is 0 Å². The van der Waals surface area contributed by atoms with Crippen LogP contribution in [0.2, 0.25) is 0 Å². The van der Waals surface area contributed by atoms with Gasteiger partial charge in [0.1, 0.15) is 11.6 Å². The second-order valence-electron chi connectivity index (χ2n) is 8.70. The Morgan fingerprint density at radius 2 is 1.76 bits per heavy atom. The van der Waals surface area contributed by atoms with Crippen molar-refractivity contribution in [2.45, 2.75) is 32.6 Å². The zero-order chi connectivity index (χ0) is 26.8. The quantitative estimate of drug-likeness (QED) is 0.234. The lowest BCUT2D eigenvalue weighted by molar-refractivity contribution is 0.0793.